The molecule has 0 saturated heterocycles. The maximum absolute atomic E-state index is 12.4. The largest absolute Gasteiger partial charge is 0.494 e. The summed E-state index contributed by atoms with van der Waals surface area (Å²) >= 11 is 0. The van der Waals surface area contributed by atoms with E-state index in [4.69, 9.17) is 9.15 Å². The summed E-state index contributed by atoms with van der Waals surface area (Å²) in [5, 5.41) is 10.2. The van der Waals surface area contributed by atoms with Crippen molar-refractivity contribution in [2.75, 3.05) is 18.2 Å². The van der Waals surface area contributed by atoms with Crippen LogP contribution in [0.4, 0.5) is 6.01 Å². The van der Waals surface area contributed by atoms with Gasteiger partial charge in [-0.25, -0.2) is 8.42 Å². The Morgan fingerprint density at radius 3 is 2.59 bits per heavy atom. The van der Waals surface area contributed by atoms with Crippen LogP contribution in [0.3, 0.4) is 0 Å². The predicted octanol–water partition coefficient (Wildman–Crippen LogP) is 3.57. The Morgan fingerprint density at radius 2 is 1.90 bits per heavy atom. The van der Waals surface area contributed by atoms with E-state index in [9.17, 15) is 13.2 Å². The smallest absolute Gasteiger partial charge is 0.322 e. The minimum absolute atomic E-state index is 0.0852. The van der Waals surface area contributed by atoms with Crippen molar-refractivity contribution in [3.05, 3.63) is 54.1 Å². The molecule has 1 heterocycles. The Hall–Kier alpha value is -3.20. The highest BCUT2D eigenvalue weighted by molar-refractivity contribution is 7.90. The third kappa shape index (κ3) is 5.41. The molecule has 0 radical (unpaired) electrons. The van der Waals surface area contributed by atoms with Crippen LogP contribution in [0.15, 0.2) is 57.8 Å². The number of amides is 1. The molecule has 3 aromatic rings. The van der Waals surface area contributed by atoms with Gasteiger partial charge in [-0.15, -0.1) is 5.10 Å². The zero-order chi connectivity index (χ0) is 20.9. The van der Waals surface area contributed by atoms with Crippen LogP contribution in [0, 0.1) is 0 Å². The maximum atomic E-state index is 12.4. The molecule has 1 amide bonds. The lowest BCUT2D eigenvalue weighted by atomic mass is 10.2. The number of nitrogens with zero attached hydrogens (tertiary/aromatic N) is 2. The average molecular weight is 415 g/mol. The third-order valence-corrected chi connectivity index (χ3v) is 5.15. The Balaban J connectivity index is 1.68. The molecule has 0 aliphatic heterocycles. The van der Waals surface area contributed by atoms with Gasteiger partial charge in [-0.1, -0.05) is 24.5 Å². The lowest BCUT2D eigenvalue weighted by Gasteiger charge is -2.06. The standard InChI is InChI=1S/C20H21N3O5S/c1-3-4-12-27-16-10-8-14(9-11-16)18(24)21-20-23-22-19(28-20)15-6-5-7-17(13-15)29(2,25)26/h5-11,13H,3-4,12H2,1-2H3,(H,21,23,24). The summed E-state index contributed by atoms with van der Waals surface area (Å²) in [5.74, 6) is 0.386. The quantitative estimate of drug-likeness (QED) is 0.560. The first-order valence-corrected chi connectivity index (χ1v) is 10.9. The van der Waals surface area contributed by atoms with Crippen molar-refractivity contribution in [1.29, 1.82) is 0 Å². The molecule has 0 aliphatic carbocycles. The van der Waals surface area contributed by atoms with E-state index in [1.165, 1.54) is 12.1 Å². The topological polar surface area (TPSA) is 111 Å². The van der Waals surface area contributed by atoms with Crippen LogP contribution >= 0.6 is 0 Å². The van der Waals surface area contributed by atoms with E-state index in [2.05, 4.69) is 22.4 Å². The number of unbranched alkanes of at least 4 members (excludes halogenated alkanes) is 1. The molecule has 29 heavy (non-hydrogen) atoms. The van der Waals surface area contributed by atoms with Crippen molar-refractivity contribution in [2.24, 2.45) is 0 Å². The van der Waals surface area contributed by atoms with Crippen molar-refractivity contribution < 1.29 is 22.4 Å². The van der Waals surface area contributed by atoms with Crippen molar-refractivity contribution in [3.63, 3.8) is 0 Å². The van der Waals surface area contributed by atoms with Gasteiger partial charge in [0.1, 0.15) is 5.75 Å². The number of benzene rings is 2. The van der Waals surface area contributed by atoms with Crippen molar-refractivity contribution in [1.82, 2.24) is 10.2 Å². The second-order valence-corrected chi connectivity index (χ2v) is 8.41. The van der Waals surface area contributed by atoms with E-state index < -0.39 is 15.7 Å². The summed E-state index contributed by atoms with van der Waals surface area (Å²) in [6.07, 6.45) is 3.13. The molecule has 0 saturated carbocycles. The summed E-state index contributed by atoms with van der Waals surface area (Å²) in [4.78, 5) is 12.5. The molecule has 0 atom stereocenters. The molecular weight excluding hydrogens is 394 g/mol. The van der Waals surface area contributed by atoms with Crippen molar-refractivity contribution in [3.8, 4) is 17.2 Å². The molecule has 0 unspecified atom stereocenters. The number of carbonyl (C=O) groups is 1. The van der Waals surface area contributed by atoms with E-state index >= 15 is 0 Å². The van der Waals surface area contributed by atoms with Crippen molar-refractivity contribution >= 4 is 21.8 Å². The van der Waals surface area contributed by atoms with Gasteiger partial charge in [-0.05, 0) is 48.9 Å². The number of hydrogen-bond donors (Lipinski definition) is 1. The predicted molar refractivity (Wildman–Crippen MR) is 108 cm³/mol. The molecule has 0 bridgehead atoms. The van der Waals surface area contributed by atoms with Crippen LogP contribution in [0.2, 0.25) is 0 Å². The highest BCUT2D eigenvalue weighted by atomic mass is 32.2. The van der Waals surface area contributed by atoms with E-state index in [1.54, 1.807) is 36.4 Å². The zero-order valence-electron chi connectivity index (χ0n) is 16.1. The molecule has 152 valence electrons. The van der Waals surface area contributed by atoms with Crippen LogP contribution < -0.4 is 10.1 Å². The van der Waals surface area contributed by atoms with Crippen LogP contribution in [-0.2, 0) is 9.84 Å². The number of carbonyl (C=O) groups excluding carboxylic acids is 1. The van der Waals surface area contributed by atoms with Gasteiger partial charge >= 0.3 is 6.01 Å². The monoisotopic (exact) mass is 415 g/mol. The van der Waals surface area contributed by atoms with Gasteiger partial charge in [0.05, 0.1) is 11.5 Å². The van der Waals surface area contributed by atoms with Crippen LogP contribution in [0.5, 0.6) is 5.75 Å². The first-order chi connectivity index (χ1) is 13.9. The summed E-state index contributed by atoms with van der Waals surface area (Å²) < 4.78 is 34.4. The van der Waals surface area contributed by atoms with Crippen LogP contribution in [-0.4, -0.2) is 37.4 Å². The third-order valence-electron chi connectivity index (χ3n) is 4.04. The molecule has 3 rings (SSSR count). The van der Waals surface area contributed by atoms with Crippen LogP contribution in [0.25, 0.3) is 11.5 Å². The fraction of sp³-hybridized carbons (Fsp3) is 0.250. The van der Waals surface area contributed by atoms with Gasteiger partial charge in [0.15, 0.2) is 9.84 Å². The Labute approximate surface area is 168 Å². The number of ether oxygens (including phenoxy) is 1. The normalized spacial score (nSPS) is 11.2. The van der Waals surface area contributed by atoms with E-state index in [0.29, 0.717) is 23.5 Å². The number of hydrogen-bond acceptors (Lipinski definition) is 7. The molecule has 1 N–H and O–H groups in total. The fourth-order valence-electron chi connectivity index (χ4n) is 2.46. The SMILES string of the molecule is CCCCOc1ccc(C(=O)Nc2nnc(-c3cccc(S(C)(=O)=O)c3)o2)cc1. The molecule has 9 heteroatoms. The number of sulfone groups is 1. The second-order valence-electron chi connectivity index (χ2n) is 6.39. The summed E-state index contributed by atoms with van der Waals surface area (Å²) in [6.45, 7) is 2.72. The second kappa shape index (κ2) is 8.87. The highest BCUT2D eigenvalue weighted by Gasteiger charge is 2.15. The molecule has 2 aromatic carbocycles. The molecular formula is C20H21N3O5S. The van der Waals surface area contributed by atoms with E-state index in [-0.39, 0.29) is 16.8 Å². The molecule has 1 aromatic heterocycles. The zero-order valence-corrected chi connectivity index (χ0v) is 16.9. The lowest BCUT2D eigenvalue weighted by molar-refractivity contribution is 0.102. The van der Waals surface area contributed by atoms with Gasteiger partial charge in [0.2, 0.25) is 5.89 Å². The number of anilines is 1. The van der Waals surface area contributed by atoms with Crippen molar-refractivity contribution in [2.45, 2.75) is 24.7 Å². The van der Waals surface area contributed by atoms with Gasteiger partial charge < -0.3 is 9.15 Å². The first-order valence-electron chi connectivity index (χ1n) is 9.05. The minimum Gasteiger partial charge on any atom is -0.494 e. The lowest BCUT2D eigenvalue weighted by Crippen LogP contribution is -2.12. The Bertz CT molecular complexity index is 1090. The average Bonchev–Trinajstić information content (AvgIpc) is 3.17. The number of nitrogens with one attached hydrogen (secondary N) is 1. The number of aromatic nitrogens is 2. The molecule has 0 aliphatic rings. The number of rotatable bonds is 8. The summed E-state index contributed by atoms with van der Waals surface area (Å²) in [5.41, 5.74) is 0.848. The summed E-state index contributed by atoms with van der Waals surface area (Å²) in [7, 11) is -3.36. The van der Waals surface area contributed by atoms with E-state index in [1.807, 2.05) is 0 Å². The first kappa shape index (κ1) is 20.5. The fourth-order valence-corrected chi connectivity index (χ4v) is 3.12. The Kier molecular flexibility index (Phi) is 6.28. The molecule has 8 nitrogen and oxygen atoms in total. The minimum atomic E-state index is -3.36. The van der Waals surface area contributed by atoms with Crippen LogP contribution in [0.1, 0.15) is 30.1 Å². The Morgan fingerprint density at radius 1 is 1.14 bits per heavy atom. The molecule has 0 spiro atoms. The van der Waals surface area contributed by atoms with Gasteiger partial charge in [0, 0.05) is 17.4 Å². The highest BCUT2D eigenvalue weighted by Crippen LogP contribution is 2.23. The summed E-state index contributed by atoms with van der Waals surface area (Å²) in [6, 6.07) is 12.8. The maximum Gasteiger partial charge on any atom is 0.322 e. The van der Waals surface area contributed by atoms with Gasteiger partial charge in [-0.2, -0.15) is 0 Å². The van der Waals surface area contributed by atoms with E-state index in [0.717, 1.165) is 19.1 Å². The van der Waals surface area contributed by atoms with Gasteiger partial charge in [-0.3, -0.25) is 10.1 Å². The molecule has 0 fully saturated rings. The van der Waals surface area contributed by atoms with Gasteiger partial charge in [0.25, 0.3) is 5.91 Å².